The number of rotatable bonds is 3. The number of hydrogen-bond donors (Lipinski definition) is 2. The van der Waals surface area contributed by atoms with E-state index in [0.29, 0.717) is 42.1 Å². The van der Waals surface area contributed by atoms with Crippen LogP contribution in [0.5, 0.6) is 0 Å². The maximum atomic E-state index is 13.4. The summed E-state index contributed by atoms with van der Waals surface area (Å²) >= 11 is 0. The molecule has 1 aliphatic rings. The van der Waals surface area contributed by atoms with Crippen LogP contribution in [0.25, 0.3) is 10.9 Å². The number of hydrogen-bond acceptors (Lipinski definition) is 3. The molecule has 0 bridgehead atoms. The molecule has 1 aromatic carbocycles. The Morgan fingerprint density at radius 3 is 2.74 bits per heavy atom. The lowest BCUT2D eigenvalue weighted by Gasteiger charge is -2.30. The van der Waals surface area contributed by atoms with E-state index in [1.807, 2.05) is 0 Å². The van der Waals surface area contributed by atoms with E-state index in [9.17, 15) is 18.0 Å². The van der Waals surface area contributed by atoms with Crippen molar-refractivity contribution in [3.63, 3.8) is 0 Å². The molecule has 1 aromatic heterocycles. The Morgan fingerprint density at radius 2 is 2.04 bits per heavy atom. The molecule has 0 radical (unpaired) electrons. The monoisotopic (exact) mass is 379 g/mol. The number of para-hydroxylation sites is 1. The van der Waals surface area contributed by atoms with Crippen molar-refractivity contribution in [2.45, 2.75) is 50.2 Å². The van der Waals surface area contributed by atoms with Gasteiger partial charge in [0, 0.05) is 24.4 Å². The van der Waals surface area contributed by atoms with E-state index in [0.717, 1.165) is 18.9 Å². The van der Waals surface area contributed by atoms with Gasteiger partial charge in [-0.25, -0.2) is 4.98 Å². The van der Waals surface area contributed by atoms with Gasteiger partial charge in [0.05, 0.1) is 5.52 Å². The van der Waals surface area contributed by atoms with Crippen LogP contribution in [0.2, 0.25) is 0 Å². The number of halogens is 3. The van der Waals surface area contributed by atoms with Crippen molar-refractivity contribution in [3.8, 4) is 0 Å². The fraction of sp³-hybridized carbons (Fsp3) is 0.500. The largest absolute Gasteiger partial charge is 0.433 e. The van der Waals surface area contributed by atoms with Crippen molar-refractivity contribution in [1.29, 1.82) is 0 Å². The molecule has 1 amide bonds. The molecule has 146 valence electrons. The number of nitrogens with one attached hydrogen (secondary N) is 1. The molecule has 7 heteroatoms. The minimum Gasteiger partial charge on any atom is -0.359 e. The van der Waals surface area contributed by atoms with Gasteiger partial charge >= 0.3 is 6.18 Å². The van der Waals surface area contributed by atoms with Gasteiger partial charge < -0.3 is 11.1 Å². The van der Waals surface area contributed by atoms with E-state index in [1.54, 1.807) is 31.3 Å². The van der Waals surface area contributed by atoms with Crippen LogP contribution in [0, 0.1) is 5.92 Å². The average molecular weight is 379 g/mol. The number of amides is 1. The van der Waals surface area contributed by atoms with Crippen LogP contribution in [0.1, 0.15) is 49.8 Å². The summed E-state index contributed by atoms with van der Waals surface area (Å²) in [5.41, 5.74) is 5.72. The Labute approximate surface area is 156 Å². The average Bonchev–Trinajstić information content (AvgIpc) is 2.82. The first-order chi connectivity index (χ1) is 12.7. The van der Waals surface area contributed by atoms with Crippen LogP contribution in [0.15, 0.2) is 30.3 Å². The van der Waals surface area contributed by atoms with Crippen LogP contribution >= 0.6 is 0 Å². The standard InChI is InChI=1S/C20H24F3N3O/c1-25-18(27)11-13-5-4-9-19(24,10-8-13)15-12-17(20(21,22)23)26-16-7-3-2-6-14(15)16/h2-3,6-7,12-13H,4-5,8-11,24H2,1H3,(H,25,27)/t13?,19-/m1/s1. The van der Waals surface area contributed by atoms with Crippen LogP contribution in [-0.2, 0) is 16.5 Å². The Hall–Kier alpha value is -2.15. The van der Waals surface area contributed by atoms with Crippen LogP contribution < -0.4 is 11.1 Å². The lowest BCUT2D eigenvalue weighted by atomic mass is 9.81. The van der Waals surface area contributed by atoms with Gasteiger partial charge in [0.2, 0.25) is 5.91 Å². The van der Waals surface area contributed by atoms with E-state index in [-0.39, 0.29) is 11.8 Å². The minimum atomic E-state index is -4.53. The van der Waals surface area contributed by atoms with Gasteiger partial charge in [-0.2, -0.15) is 13.2 Å². The summed E-state index contributed by atoms with van der Waals surface area (Å²) < 4.78 is 40.1. The fourth-order valence-corrected chi connectivity index (χ4v) is 4.01. The third kappa shape index (κ3) is 4.24. The second-order valence-corrected chi connectivity index (χ2v) is 7.40. The number of carbonyl (C=O) groups excluding carboxylic acids is 1. The summed E-state index contributed by atoms with van der Waals surface area (Å²) in [7, 11) is 1.61. The quantitative estimate of drug-likeness (QED) is 0.788. The van der Waals surface area contributed by atoms with Crippen molar-refractivity contribution in [1.82, 2.24) is 10.3 Å². The predicted octanol–water partition coefficient (Wildman–Crippen LogP) is 4.12. The van der Waals surface area contributed by atoms with Gasteiger partial charge in [0.15, 0.2) is 0 Å². The number of nitrogens with zero attached hydrogens (tertiary/aromatic N) is 1. The normalized spacial score (nSPS) is 23.8. The van der Waals surface area contributed by atoms with Crippen LogP contribution in [0.4, 0.5) is 13.2 Å². The second kappa shape index (κ2) is 7.46. The maximum Gasteiger partial charge on any atom is 0.433 e. The molecule has 3 N–H and O–H groups in total. The topological polar surface area (TPSA) is 68.0 Å². The molecule has 1 aliphatic carbocycles. The van der Waals surface area contributed by atoms with Crippen molar-refractivity contribution in [2.24, 2.45) is 11.7 Å². The molecule has 0 saturated heterocycles. The molecule has 27 heavy (non-hydrogen) atoms. The molecule has 0 spiro atoms. The van der Waals surface area contributed by atoms with Crippen LogP contribution in [0.3, 0.4) is 0 Å². The highest BCUT2D eigenvalue weighted by Crippen LogP contribution is 2.41. The molecule has 2 atom stereocenters. The van der Waals surface area contributed by atoms with Gasteiger partial charge in [-0.15, -0.1) is 0 Å². The number of pyridine rings is 1. The van der Waals surface area contributed by atoms with Crippen LogP contribution in [-0.4, -0.2) is 17.9 Å². The highest BCUT2D eigenvalue weighted by Gasteiger charge is 2.38. The first kappa shape index (κ1) is 19.6. The van der Waals surface area contributed by atoms with Crippen molar-refractivity contribution in [3.05, 3.63) is 41.6 Å². The molecule has 0 aliphatic heterocycles. The second-order valence-electron chi connectivity index (χ2n) is 7.40. The Kier molecular flexibility index (Phi) is 5.42. The first-order valence-electron chi connectivity index (χ1n) is 9.20. The number of aromatic nitrogens is 1. The molecular weight excluding hydrogens is 355 g/mol. The fourth-order valence-electron chi connectivity index (χ4n) is 4.01. The van der Waals surface area contributed by atoms with Crippen molar-refractivity contribution in [2.75, 3.05) is 7.05 Å². The summed E-state index contributed by atoms with van der Waals surface area (Å²) in [6, 6.07) is 7.94. The maximum absolute atomic E-state index is 13.4. The molecule has 3 rings (SSSR count). The Bertz CT molecular complexity index is 837. The summed E-state index contributed by atoms with van der Waals surface area (Å²) in [5, 5.41) is 3.29. The zero-order valence-corrected chi connectivity index (χ0v) is 15.3. The molecule has 1 saturated carbocycles. The smallest absolute Gasteiger partial charge is 0.359 e. The summed E-state index contributed by atoms with van der Waals surface area (Å²) in [5.74, 6) is 0.184. The number of benzene rings is 1. The van der Waals surface area contributed by atoms with Gasteiger partial charge in [-0.05, 0) is 49.3 Å². The lowest BCUT2D eigenvalue weighted by molar-refractivity contribution is -0.141. The summed E-state index contributed by atoms with van der Waals surface area (Å²) in [6.07, 6.45) is -0.638. The summed E-state index contributed by atoms with van der Waals surface area (Å²) in [6.45, 7) is 0. The molecule has 2 aromatic rings. The highest BCUT2D eigenvalue weighted by atomic mass is 19.4. The van der Waals surface area contributed by atoms with E-state index in [2.05, 4.69) is 10.3 Å². The lowest BCUT2D eigenvalue weighted by Crippen LogP contribution is -2.37. The molecule has 1 heterocycles. The number of fused-ring (bicyclic) bond motifs is 1. The third-order valence-electron chi connectivity index (χ3n) is 5.53. The summed E-state index contributed by atoms with van der Waals surface area (Å²) in [4.78, 5) is 15.5. The number of nitrogens with two attached hydrogens (primary N) is 1. The molecule has 4 nitrogen and oxygen atoms in total. The number of alkyl halides is 3. The molecular formula is C20H24F3N3O. The SMILES string of the molecule is CNC(=O)CC1CCC[C@](N)(c2cc(C(F)(F)F)nc3ccccc23)CC1. The van der Waals surface area contributed by atoms with E-state index >= 15 is 0 Å². The predicted molar refractivity (Wildman–Crippen MR) is 97.9 cm³/mol. The van der Waals surface area contributed by atoms with Crippen molar-refractivity contribution < 1.29 is 18.0 Å². The van der Waals surface area contributed by atoms with E-state index in [4.69, 9.17) is 5.73 Å². The Morgan fingerprint density at radius 1 is 1.30 bits per heavy atom. The van der Waals surface area contributed by atoms with E-state index < -0.39 is 17.4 Å². The van der Waals surface area contributed by atoms with Gasteiger partial charge in [0.1, 0.15) is 5.69 Å². The van der Waals surface area contributed by atoms with Gasteiger partial charge in [-0.1, -0.05) is 24.6 Å². The van der Waals surface area contributed by atoms with Gasteiger partial charge in [0.25, 0.3) is 0 Å². The van der Waals surface area contributed by atoms with Crippen molar-refractivity contribution >= 4 is 16.8 Å². The zero-order valence-electron chi connectivity index (χ0n) is 15.3. The molecule has 1 fully saturated rings. The third-order valence-corrected chi connectivity index (χ3v) is 5.53. The minimum absolute atomic E-state index is 0.0155. The highest BCUT2D eigenvalue weighted by molar-refractivity contribution is 5.83. The van der Waals surface area contributed by atoms with Gasteiger partial charge in [-0.3, -0.25) is 4.79 Å². The van der Waals surface area contributed by atoms with E-state index in [1.165, 1.54) is 0 Å². The molecule has 1 unspecified atom stereocenters. The Balaban J connectivity index is 1.99. The number of carbonyl (C=O) groups is 1. The zero-order chi connectivity index (χ0) is 19.7. The first-order valence-corrected chi connectivity index (χ1v) is 9.20.